The van der Waals surface area contributed by atoms with Crippen LogP contribution in [-0.4, -0.2) is 31.9 Å². The summed E-state index contributed by atoms with van der Waals surface area (Å²) >= 11 is 0. The first-order chi connectivity index (χ1) is 10.5. The van der Waals surface area contributed by atoms with Crippen LogP contribution in [0.3, 0.4) is 0 Å². The molecule has 1 aliphatic carbocycles. The number of ketones is 1. The van der Waals surface area contributed by atoms with E-state index in [9.17, 15) is 18.8 Å². The van der Waals surface area contributed by atoms with Crippen molar-refractivity contribution in [2.24, 2.45) is 5.92 Å². The van der Waals surface area contributed by atoms with E-state index in [2.05, 4.69) is 4.74 Å². The van der Waals surface area contributed by atoms with Crippen LogP contribution in [0.15, 0.2) is 24.3 Å². The van der Waals surface area contributed by atoms with Crippen LogP contribution in [0, 0.1) is 11.7 Å². The molecule has 0 amide bonds. The van der Waals surface area contributed by atoms with Crippen molar-refractivity contribution in [2.45, 2.75) is 24.7 Å². The molecule has 5 nitrogen and oxygen atoms in total. The maximum atomic E-state index is 14.2. The van der Waals surface area contributed by atoms with Gasteiger partial charge in [-0.3, -0.25) is 14.4 Å². The molecule has 2 atom stereocenters. The zero-order valence-electron chi connectivity index (χ0n) is 12.4. The minimum Gasteiger partial charge on any atom is -0.468 e. The zero-order chi connectivity index (χ0) is 16.3. The van der Waals surface area contributed by atoms with Crippen molar-refractivity contribution in [3.05, 3.63) is 35.6 Å². The molecule has 1 fully saturated rings. The second-order valence-corrected chi connectivity index (χ2v) is 5.30. The number of hydrogen-bond donors (Lipinski definition) is 0. The van der Waals surface area contributed by atoms with E-state index in [0.29, 0.717) is 0 Å². The lowest BCUT2D eigenvalue weighted by Gasteiger charge is -2.37. The fraction of sp³-hybridized carbons (Fsp3) is 0.438. The molecule has 0 heterocycles. The number of Topliss-reactive ketones (excluding diaryl/α,β-unsaturated/α-hetero) is 1. The molecule has 118 valence electrons. The summed E-state index contributed by atoms with van der Waals surface area (Å²) in [6.45, 7) is 0. The Morgan fingerprint density at radius 2 is 1.91 bits per heavy atom. The van der Waals surface area contributed by atoms with Crippen molar-refractivity contribution in [3.63, 3.8) is 0 Å². The Morgan fingerprint density at radius 3 is 2.50 bits per heavy atom. The van der Waals surface area contributed by atoms with Crippen LogP contribution >= 0.6 is 0 Å². The number of methoxy groups -OCH3 is 2. The van der Waals surface area contributed by atoms with E-state index in [4.69, 9.17) is 4.74 Å². The average molecular weight is 308 g/mol. The third kappa shape index (κ3) is 2.61. The Balaban J connectivity index is 2.52. The largest absolute Gasteiger partial charge is 0.468 e. The maximum absolute atomic E-state index is 14.2. The first-order valence-electron chi connectivity index (χ1n) is 6.90. The van der Waals surface area contributed by atoms with Gasteiger partial charge in [-0.2, -0.15) is 0 Å². The quantitative estimate of drug-likeness (QED) is 0.629. The minimum atomic E-state index is -1.35. The Bertz CT molecular complexity index is 604. The third-order valence-corrected chi connectivity index (χ3v) is 4.19. The van der Waals surface area contributed by atoms with Gasteiger partial charge in [0.2, 0.25) is 0 Å². The van der Waals surface area contributed by atoms with Gasteiger partial charge < -0.3 is 9.47 Å². The van der Waals surface area contributed by atoms with Crippen molar-refractivity contribution in [1.82, 2.24) is 0 Å². The number of esters is 2. The first-order valence-corrected chi connectivity index (χ1v) is 6.90. The van der Waals surface area contributed by atoms with Crippen molar-refractivity contribution < 1.29 is 28.2 Å². The molecule has 0 bridgehead atoms. The van der Waals surface area contributed by atoms with Crippen LogP contribution in [0.1, 0.15) is 24.8 Å². The normalized spacial score (nSPS) is 24.7. The number of halogens is 1. The van der Waals surface area contributed by atoms with Crippen molar-refractivity contribution in [1.29, 1.82) is 0 Å². The lowest BCUT2D eigenvalue weighted by molar-refractivity contribution is -0.157. The minimum absolute atomic E-state index is 0.0107. The van der Waals surface area contributed by atoms with Crippen molar-refractivity contribution in [3.8, 4) is 0 Å². The molecule has 1 aromatic carbocycles. The maximum Gasteiger partial charge on any atom is 0.316 e. The molecule has 1 saturated carbocycles. The van der Waals surface area contributed by atoms with Gasteiger partial charge >= 0.3 is 11.9 Å². The van der Waals surface area contributed by atoms with Gasteiger partial charge in [0.1, 0.15) is 17.5 Å². The van der Waals surface area contributed by atoms with Crippen LogP contribution in [0.25, 0.3) is 0 Å². The van der Waals surface area contributed by atoms with E-state index in [1.54, 1.807) is 6.07 Å². The van der Waals surface area contributed by atoms with E-state index in [-0.39, 0.29) is 30.6 Å². The van der Waals surface area contributed by atoms with Crippen molar-refractivity contribution in [2.75, 3.05) is 14.2 Å². The monoisotopic (exact) mass is 308 g/mol. The molecule has 0 aliphatic heterocycles. The standard InChI is InChI=1S/C16H17FO5/c1-21-14(19)10-9-16(15(20)22-2,8-7-13(10)18)11-5-3-4-6-12(11)17/h3-6,10H,7-9H2,1-2H3. The molecule has 0 radical (unpaired) electrons. The molecule has 2 rings (SSSR count). The Hall–Kier alpha value is -2.24. The van der Waals surface area contributed by atoms with E-state index in [1.807, 2.05) is 0 Å². The highest BCUT2D eigenvalue weighted by Gasteiger charge is 2.51. The Labute approximate surface area is 127 Å². The Kier molecular flexibility index (Phi) is 4.59. The van der Waals surface area contributed by atoms with Crippen LogP contribution in [0.4, 0.5) is 4.39 Å². The molecule has 1 aliphatic rings. The van der Waals surface area contributed by atoms with Crippen molar-refractivity contribution >= 4 is 17.7 Å². The second-order valence-electron chi connectivity index (χ2n) is 5.30. The van der Waals surface area contributed by atoms with Gasteiger partial charge in [-0.25, -0.2) is 4.39 Å². The number of carbonyl (C=O) groups excluding carboxylic acids is 3. The van der Waals surface area contributed by atoms with E-state index < -0.39 is 29.1 Å². The van der Waals surface area contributed by atoms with E-state index >= 15 is 0 Å². The van der Waals surface area contributed by atoms with Gasteiger partial charge in [-0.1, -0.05) is 18.2 Å². The predicted molar refractivity (Wildman–Crippen MR) is 74.5 cm³/mol. The molecule has 0 spiro atoms. The fourth-order valence-electron chi connectivity index (χ4n) is 3.02. The van der Waals surface area contributed by atoms with Crippen LogP contribution in [0.2, 0.25) is 0 Å². The summed E-state index contributed by atoms with van der Waals surface area (Å²) in [5, 5.41) is 0. The highest BCUT2D eigenvalue weighted by atomic mass is 19.1. The summed E-state index contributed by atoms with van der Waals surface area (Å²) in [5.41, 5.74) is -1.21. The van der Waals surface area contributed by atoms with E-state index in [1.165, 1.54) is 32.4 Å². The lowest BCUT2D eigenvalue weighted by atomic mass is 9.65. The molecular formula is C16H17FO5. The third-order valence-electron chi connectivity index (χ3n) is 4.19. The number of benzene rings is 1. The van der Waals surface area contributed by atoms with Crippen LogP contribution < -0.4 is 0 Å². The SMILES string of the molecule is COC(=O)C1CC(C(=O)OC)(c2ccccc2F)CCC1=O. The molecule has 22 heavy (non-hydrogen) atoms. The summed E-state index contributed by atoms with van der Waals surface area (Å²) < 4.78 is 23.7. The summed E-state index contributed by atoms with van der Waals surface area (Å²) in [4.78, 5) is 36.1. The van der Waals surface area contributed by atoms with Gasteiger partial charge in [0.15, 0.2) is 0 Å². The fourth-order valence-corrected chi connectivity index (χ4v) is 3.02. The highest BCUT2D eigenvalue weighted by Crippen LogP contribution is 2.43. The number of hydrogen-bond acceptors (Lipinski definition) is 5. The topological polar surface area (TPSA) is 69.7 Å². The predicted octanol–water partition coefficient (Wildman–Crippen LogP) is 1.78. The zero-order valence-corrected chi connectivity index (χ0v) is 12.4. The molecule has 1 aromatic rings. The van der Waals surface area contributed by atoms with Gasteiger partial charge in [-0.15, -0.1) is 0 Å². The van der Waals surface area contributed by atoms with Gasteiger partial charge in [0.25, 0.3) is 0 Å². The van der Waals surface area contributed by atoms with Gasteiger partial charge in [-0.05, 0) is 18.9 Å². The van der Waals surface area contributed by atoms with Crippen LogP contribution in [-0.2, 0) is 29.3 Å². The molecule has 0 aromatic heterocycles. The molecule has 0 N–H and O–H groups in total. The number of ether oxygens (including phenoxy) is 2. The lowest BCUT2D eigenvalue weighted by Crippen LogP contribution is -2.47. The molecule has 0 saturated heterocycles. The molecule has 2 unspecified atom stereocenters. The summed E-state index contributed by atoms with van der Waals surface area (Å²) in [5.74, 6) is -3.32. The average Bonchev–Trinajstić information content (AvgIpc) is 2.54. The van der Waals surface area contributed by atoms with Crippen LogP contribution in [0.5, 0.6) is 0 Å². The number of carbonyl (C=O) groups is 3. The summed E-state index contributed by atoms with van der Waals surface area (Å²) in [6, 6.07) is 5.84. The number of rotatable bonds is 3. The molecular weight excluding hydrogens is 291 g/mol. The van der Waals surface area contributed by atoms with Gasteiger partial charge in [0, 0.05) is 12.0 Å². The van der Waals surface area contributed by atoms with Gasteiger partial charge in [0.05, 0.1) is 19.6 Å². The summed E-state index contributed by atoms with van der Waals surface area (Å²) in [7, 11) is 2.38. The molecule has 6 heteroatoms. The smallest absolute Gasteiger partial charge is 0.316 e. The second kappa shape index (κ2) is 6.25. The first kappa shape index (κ1) is 16.1. The Morgan fingerprint density at radius 1 is 1.23 bits per heavy atom. The highest BCUT2D eigenvalue weighted by molar-refractivity contribution is 6.01. The summed E-state index contributed by atoms with van der Waals surface area (Å²) in [6.07, 6.45) is -0.0533. The van der Waals surface area contributed by atoms with E-state index in [0.717, 1.165) is 0 Å².